The molecule has 5 heteroatoms. The van der Waals surface area contributed by atoms with E-state index in [0.717, 1.165) is 41.7 Å². The van der Waals surface area contributed by atoms with Gasteiger partial charge in [0.2, 0.25) is 0 Å². The predicted molar refractivity (Wildman–Crippen MR) is 98.6 cm³/mol. The number of aromatic nitrogens is 1. The summed E-state index contributed by atoms with van der Waals surface area (Å²) in [6.07, 6.45) is 5.62. The van der Waals surface area contributed by atoms with E-state index in [1.54, 1.807) is 13.3 Å². The topological polar surface area (TPSA) is 77.1 Å². The Balaban J connectivity index is 0.00000182. The molecular formula is C20H26N2O3. The van der Waals surface area contributed by atoms with E-state index in [4.69, 9.17) is 4.74 Å². The molecule has 25 heavy (non-hydrogen) atoms. The first kappa shape index (κ1) is 17.9. The second-order valence-electron chi connectivity index (χ2n) is 6.97. The molecule has 5 nitrogen and oxygen atoms in total. The number of benzene rings is 1. The quantitative estimate of drug-likeness (QED) is 0.865. The average Bonchev–Trinajstić information content (AvgIpc) is 2.66. The lowest BCUT2D eigenvalue weighted by Crippen LogP contribution is -2.54. The third-order valence-electron chi connectivity index (χ3n) is 5.82. The Morgan fingerprint density at radius 3 is 2.92 bits per heavy atom. The molecule has 0 saturated carbocycles. The molecule has 3 saturated heterocycles. The van der Waals surface area contributed by atoms with Crippen LogP contribution < -0.4 is 4.74 Å². The molecule has 0 aliphatic carbocycles. The summed E-state index contributed by atoms with van der Waals surface area (Å²) in [5, 5.41) is 12.1. The van der Waals surface area contributed by atoms with E-state index < -0.39 is 6.10 Å². The highest BCUT2D eigenvalue weighted by atomic mass is 16.5. The number of ether oxygens (including phenoxy) is 1. The normalized spacial score (nSPS) is 29.0. The van der Waals surface area contributed by atoms with Crippen LogP contribution in [0, 0.1) is 11.8 Å². The van der Waals surface area contributed by atoms with E-state index in [9.17, 15) is 5.11 Å². The van der Waals surface area contributed by atoms with Gasteiger partial charge < -0.3 is 15.3 Å². The van der Waals surface area contributed by atoms with Gasteiger partial charge in [-0.15, -0.1) is 6.58 Å². The maximum atomic E-state index is 11.2. The van der Waals surface area contributed by atoms with Gasteiger partial charge in [0.05, 0.1) is 18.7 Å². The fourth-order valence-electron chi connectivity index (χ4n) is 4.44. The van der Waals surface area contributed by atoms with Gasteiger partial charge in [0, 0.05) is 24.2 Å². The molecular weight excluding hydrogens is 316 g/mol. The van der Waals surface area contributed by atoms with Crippen molar-refractivity contribution in [3.05, 3.63) is 48.7 Å². The average molecular weight is 342 g/mol. The Labute approximate surface area is 148 Å². The van der Waals surface area contributed by atoms with Crippen LogP contribution in [-0.4, -0.2) is 46.7 Å². The van der Waals surface area contributed by atoms with Gasteiger partial charge in [-0.2, -0.15) is 0 Å². The molecule has 3 N–H and O–H groups in total. The molecule has 1 aromatic carbocycles. The van der Waals surface area contributed by atoms with Crippen LogP contribution in [-0.2, 0) is 0 Å². The SMILES string of the molecule is C=C[C@H]1CN2CCC1C[C@H]2[C@H](O)c1ccnc2ccc(OC)cc12.O. The minimum Gasteiger partial charge on any atom is -0.497 e. The van der Waals surface area contributed by atoms with Crippen molar-refractivity contribution in [2.24, 2.45) is 11.8 Å². The third-order valence-corrected chi connectivity index (χ3v) is 5.82. The Kier molecular flexibility index (Phi) is 5.08. The smallest absolute Gasteiger partial charge is 0.119 e. The number of piperidine rings is 3. The number of methoxy groups -OCH3 is 1. The van der Waals surface area contributed by atoms with Gasteiger partial charge in [-0.1, -0.05) is 6.08 Å². The van der Waals surface area contributed by atoms with Crippen LogP contribution in [0.1, 0.15) is 24.5 Å². The Morgan fingerprint density at radius 2 is 2.24 bits per heavy atom. The molecule has 1 aromatic heterocycles. The van der Waals surface area contributed by atoms with Crippen LogP contribution in [0.4, 0.5) is 0 Å². The number of aliphatic hydroxyl groups is 1. The van der Waals surface area contributed by atoms with Crippen molar-refractivity contribution in [2.75, 3.05) is 20.2 Å². The molecule has 5 atom stereocenters. The van der Waals surface area contributed by atoms with E-state index in [-0.39, 0.29) is 11.5 Å². The van der Waals surface area contributed by atoms with Crippen LogP contribution >= 0.6 is 0 Å². The predicted octanol–water partition coefficient (Wildman–Crippen LogP) is 2.35. The maximum Gasteiger partial charge on any atom is 0.119 e. The van der Waals surface area contributed by atoms with Crippen molar-refractivity contribution in [2.45, 2.75) is 25.0 Å². The first-order chi connectivity index (χ1) is 11.7. The van der Waals surface area contributed by atoms with Gasteiger partial charge in [-0.3, -0.25) is 9.88 Å². The van der Waals surface area contributed by atoms with Gasteiger partial charge in [-0.25, -0.2) is 0 Å². The number of fused-ring (bicyclic) bond motifs is 4. The largest absolute Gasteiger partial charge is 0.497 e. The molecule has 0 spiro atoms. The number of nitrogens with zero attached hydrogens (tertiary/aromatic N) is 2. The van der Waals surface area contributed by atoms with Crippen molar-refractivity contribution < 1.29 is 15.3 Å². The highest BCUT2D eigenvalue weighted by Gasteiger charge is 2.42. The summed E-state index contributed by atoms with van der Waals surface area (Å²) in [4.78, 5) is 6.86. The summed E-state index contributed by atoms with van der Waals surface area (Å²) in [6, 6.07) is 7.96. The lowest BCUT2D eigenvalue weighted by Gasteiger charge is -2.50. The maximum absolute atomic E-state index is 11.2. The Morgan fingerprint density at radius 1 is 1.40 bits per heavy atom. The summed E-state index contributed by atoms with van der Waals surface area (Å²) in [6.45, 7) is 6.07. The minimum atomic E-state index is -0.504. The summed E-state index contributed by atoms with van der Waals surface area (Å²) in [7, 11) is 1.66. The van der Waals surface area contributed by atoms with Crippen LogP contribution in [0.3, 0.4) is 0 Å². The van der Waals surface area contributed by atoms with Crippen LogP contribution in [0.2, 0.25) is 0 Å². The molecule has 0 amide bonds. The van der Waals surface area contributed by atoms with Gasteiger partial charge in [-0.05, 0) is 61.1 Å². The highest BCUT2D eigenvalue weighted by molar-refractivity contribution is 5.83. The van der Waals surface area contributed by atoms with E-state index in [1.807, 2.05) is 24.3 Å². The van der Waals surface area contributed by atoms with Gasteiger partial charge >= 0.3 is 0 Å². The summed E-state index contributed by atoms with van der Waals surface area (Å²) in [5.74, 6) is 2.01. The molecule has 4 heterocycles. The standard InChI is InChI=1S/C20H24N2O2.H2O/c1-3-13-12-22-9-7-14(13)10-19(22)20(23)16-6-8-21-18-5-4-15(24-2)11-17(16)18;/h3-6,8,11,13-14,19-20,23H,1,7,9-10,12H2,2H3;1H2/t13-,14?,19-,20+;/m0./s1. The van der Waals surface area contributed by atoms with E-state index >= 15 is 0 Å². The Bertz CT molecular complexity index is 764. The zero-order valence-corrected chi connectivity index (χ0v) is 14.6. The zero-order chi connectivity index (χ0) is 16.7. The number of hydrogen-bond acceptors (Lipinski definition) is 4. The second kappa shape index (κ2) is 7.12. The molecule has 2 unspecified atom stereocenters. The monoisotopic (exact) mass is 342 g/mol. The van der Waals surface area contributed by atoms with Crippen LogP contribution in [0.15, 0.2) is 43.1 Å². The summed E-state index contributed by atoms with van der Waals surface area (Å²) < 4.78 is 5.35. The number of hydrogen-bond donors (Lipinski definition) is 1. The van der Waals surface area contributed by atoms with Crippen molar-refractivity contribution in [3.8, 4) is 5.75 Å². The number of pyridine rings is 1. The van der Waals surface area contributed by atoms with Crippen molar-refractivity contribution in [3.63, 3.8) is 0 Å². The number of aliphatic hydroxyl groups excluding tert-OH is 1. The van der Waals surface area contributed by atoms with Crippen molar-refractivity contribution >= 4 is 10.9 Å². The highest BCUT2D eigenvalue weighted by Crippen LogP contribution is 2.42. The summed E-state index contributed by atoms with van der Waals surface area (Å²) >= 11 is 0. The fraction of sp³-hybridized carbons (Fsp3) is 0.450. The molecule has 2 bridgehead atoms. The van der Waals surface area contributed by atoms with E-state index in [0.29, 0.717) is 11.8 Å². The van der Waals surface area contributed by atoms with Gasteiger partial charge in [0.1, 0.15) is 5.75 Å². The zero-order valence-electron chi connectivity index (χ0n) is 14.6. The minimum absolute atomic E-state index is 0. The van der Waals surface area contributed by atoms with Crippen molar-refractivity contribution in [1.82, 2.24) is 9.88 Å². The lowest BCUT2D eigenvalue weighted by molar-refractivity contribution is -0.0444. The number of rotatable bonds is 4. The molecule has 3 aliphatic rings. The molecule has 5 rings (SSSR count). The first-order valence-corrected chi connectivity index (χ1v) is 8.68. The third kappa shape index (κ3) is 3.03. The van der Waals surface area contributed by atoms with Gasteiger partial charge in [0.15, 0.2) is 0 Å². The van der Waals surface area contributed by atoms with Gasteiger partial charge in [0.25, 0.3) is 0 Å². The lowest BCUT2D eigenvalue weighted by atomic mass is 9.73. The van der Waals surface area contributed by atoms with Crippen LogP contribution in [0.25, 0.3) is 10.9 Å². The molecule has 2 aromatic rings. The molecule has 3 aliphatic heterocycles. The molecule has 3 fully saturated rings. The van der Waals surface area contributed by atoms with Crippen molar-refractivity contribution in [1.29, 1.82) is 0 Å². The summed E-state index contributed by atoms with van der Waals surface area (Å²) in [5.41, 5.74) is 1.85. The Hall–Kier alpha value is -1.95. The fourth-order valence-corrected chi connectivity index (χ4v) is 4.44. The van der Waals surface area contributed by atoms with Crippen LogP contribution in [0.5, 0.6) is 5.75 Å². The molecule has 0 radical (unpaired) electrons. The first-order valence-electron chi connectivity index (χ1n) is 8.68. The second-order valence-corrected chi connectivity index (χ2v) is 6.97. The molecule has 134 valence electrons. The van der Waals surface area contributed by atoms with E-state index in [2.05, 4.69) is 22.5 Å². The van der Waals surface area contributed by atoms with E-state index in [1.165, 1.54) is 6.42 Å².